The van der Waals surface area contributed by atoms with Crippen LogP contribution in [-0.4, -0.2) is 33.4 Å². The maximum Gasteiger partial charge on any atom is 0.272 e. The van der Waals surface area contributed by atoms with Crippen molar-refractivity contribution in [3.8, 4) is 11.5 Å². The minimum atomic E-state index is -0.0412. The lowest BCUT2D eigenvalue weighted by atomic mass is 10.1. The fourth-order valence-corrected chi connectivity index (χ4v) is 5.62. The molecular formula is C25H24N4O3S2. The van der Waals surface area contributed by atoms with E-state index in [4.69, 9.17) is 9.47 Å². The first-order valence-electron chi connectivity index (χ1n) is 10.8. The number of hydrogen-bond acceptors (Lipinski definition) is 7. The molecule has 3 aromatic heterocycles. The van der Waals surface area contributed by atoms with Crippen LogP contribution < -0.4 is 15.0 Å². The fraction of sp³-hybridized carbons (Fsp3) is 0.240. The normalized spacial score (nSPS) is 11.4. The van der Waals surface area contributed by atoms with Gasteiger partial charge in [0, 0.05) is 12.3 Å². The molecule has 9 heteroatoms. The Morgan fingerprint density at radius 3 is 2.50 bits per heavy atom. The largest absolute Gasteiger partial charge is 0.493 e. The molecule has 0 saturated carbocycles. The van der Waals surface area contributed by atoms with E-state index >= 15 is 0 Å². The van der Waals surface area contributed by atoms with Crippen molar-refractivity contribution in [2.45, 2.75) is 30.8 Å². The van der Waals surface area contributed by atoms with Crippen LogP contribution in [-0.2, 0) is 18.7 Å². The maximum atomic E-state index is 13.3. The average Bonchev–Trinajstić information content (AvgIpc) is 3.51. The average molecular weight is 493 g/mol. The van der Waals surface area contributed by atoms with E-state index in [-0.39, 0.29) is 5.56 Å². The van der Waals surface area contributed by atoms with Gasteiger partial charge in [-0.25, -0.2) is 0 Å². The molecule has 5 rings (SSSR count). The molecule has 0 fully saturated rings. The first kappa shape index (κ1) is 22.5. The van der Waals surface area contributed by atoms with E-state index in [0.717, 1.165) is 22.0 Å². The fourth-order valence-electron chi connectivity index (χ4n) is 3.90. The molecule has 0 aliphatic rings. The van der Waals surface area contributed by atoms with Gasteiger partial charge in [0.05, 0.1) is 19.7 Å². The Morgan fingerprint density at radius 1 is 0.971 bits per heavy atom. The number of fused-ring (bicyclic) bond motifs is 3. The number of aryl methyl sites for hydroxylation is 3. The van der Waals surface area contributed by atoms with Crippen molar-refractivity contribution >= 4 is 39.1 Å². The molecule has 7 nitrogen and oxygen atoms in total. The summed E-state index contributed by atoms with van der Waals surface area (Å²) in [4.78, 5) is 13.3. The molecule has 5 aromatic rings. The zero-order chi connectivity index (χ0) is 23.7. The number of methoxy groups -OCH3 is 2. The van der Waals surface area contributed by atoms with E-state index in [0.29, 0.717) is 34.9 Å². The van der Waals surface area contributed by atoms with Gasteiger partial charge in [0.15, 0.2) is 16.7 Å². The Balaban J connectivity index is 1.49. The van der Waals surface area contributed by atoms with E-state index in [2.05, 4.69) is 41.4 Å². The molecule has 2 aromatic carbocycles. The monoisotopic (exact) mass is 492 g/mol. The first-order chi connectivity index (χ1) is 16.6. The zero-order valence-electron chi connectivity index (χ0n) is 19.1. The molecule has 0 N–H and O–H groups in total. The molecule has 0 spiro atoms. The number of hydrogen-bond donors (Lipinski definition) is 0. The molecule has 0 aliphatic carbocycles. The standard InChI is InChI=1S/C25H24N4O3S2/c1-16-4-6-18(7-5-16)15-34-25-27-26-24-28(23(30)22-19(29(24)25)11-13-33-22)12-10-17-8-9-20(31-2)21(14-17)32-3/h4-9,11,13-14H,10,12,15H2,1-3H3. The van der Waals surface area contributed by atoms with Crippen molar-refractivity contribution < 1.29 is 9.47 Å². The molecule has 0 radical (unpaired) electrons. The van der Waals surface area contributed by atoms with E-state index in [1.807, 2.05) is 34.0 Å². The predicted molar refractivity (Wildman–Crippen MR) is 137 cm³/mol. The highest BCUT2D eigenvalue weighted by Crippen LogP contribution is 2.29. The molecule has 3 heterocycles. The Morgan fingerprint density at radius 2 is 1.74 bits per heavy atom. The maximum absolute atomic E-state index is 13.3. The summed E-state index contributed by atoms with van der Waals surface area (Å²) in [6, 6.07) is 16.3. The van der Waals surface area contributed by atoms with Crippen molar-refractivity contribution in [2.75, 3.05) is 14.2 Å². The van der Waals surface area contributed by atoms with Gasteiger partial charge in [0.2, 0.25) is 5.78 Å². The number of aromatic nitrogens is 4. The Labute approximate surface area is 205 Å². The van der Waals surface area contributed by atoms with Crippen molar-refractivity contribution in [2.24, 2.45) is 0 Å². The van der Waals surface area contributed by atoms with Gasteiger partial charge in [-0.05, 0) is 48.1 Å². The number of thioether (sulfide) groups is 1. The second-order valence-electron chi connectivity index (χ2n) is 7.92. The molecule has 34 heavy (non-hydrogen) atoms. The molecule has 0 saturated heterocycles. The summed E-state index contributed by atoms with van der Waals surface area (Å²) >= 11 is 3.07. The van der Waals surface area contributed by atoms with Gasteiger partial charge in [-0.1, -0.05) is 47.7 Å². The Bertz CT molecular complexity index is 1520. The lowest BCUT2D eigenvalue weighted by molar-refractivity contribution is 0.354. The summed E-state index contributed by atoms with van der Waals surface area (Å²) in [6.45, 7) is 2.56. The highest BCUT2D eigenvalue weighted by atomic mass is 32.2. The third-order valence-corrected chi connectivity index (χ3v) is 7.63. The Hall–Kier alpha value is -3.30. The van der Waals surface area contributed by atoms with E-state index in [1.165, 1.54) is 22.5 Å². The number of ether oxygens (including phenoxy) is 2. The molecule has 0 amide bonds. The lowest BCUT2D eigenvalue weighted by Gasteiger charge is -2.11. The quantitative estimate of drug-likeness (QED) is 0.285. The van der Waals surface area contributed by atoms with Crippen molar-refractivity contribution in [3.63, 3.8) is 0 Å². The van der Waals surface area contributed by atoms with Crippen LogP contribution in [0, 0.1) is 6.92 Å². The summed E-state index contributed by atoms with van der Waals surface area (Å²) in [5, 5.41) is 11.6. The van der Waals surface area contributed by atoms with Crippen LogP contribution >= 0.6 is 23.1 Å². The number of thiophene rings is 1. The highest BCUT2D eigenvalue weighted by Gasteiger charge is 2.18. The van der Waals surface area contributed by atoms with Crippen LogP contribution in [0.15, 0.2) is 63.9 Å². The molecule has 0 bridgehead atoms. The van der Waals surface area contributed by atoms with Gasteiger partial charge >= 0.3 is 0 Å². The van der Waals surface area contributed by atoms with Crippen LogP contribution in [0.3, 0.4) is 0 Å². The van der Waals surface area contributed by atoms with Crippen LogP contribution in [0.1, 0.15) is 16.7 Å². The summed E-state index contributed by atoms with van der Waals surface area (Å²) in [7, 11) is 3.23. The SMILES string of the molecule is COc1ccc(CCn2c(=O)c3sccc3n3c(SCc4ccc(C)cc4)nnc23)cc1OC. The zero-order valence-corrected chi connectivity index (χ0v) is 20.8. The summed E-state index contributed by atoms with van der Waals surface area (Å²) in [6.07, 6.45) is 0.644. The smallest absolute Gasteiger partial charge is 0.272 e. The Kier molecular flexibility index (Phi) is 6.30. The van der Waals surface area contributed by atoms with Crippen molar-refractivity contribution in [3.05, 3.63) is 81.0 Å². The summed E-state index contributed by atoms with van der Waals surface area (Å²) in [5.41, 5.74) is 4.31. The number of benzene rings is 2. The van der Waals surface area contributed by atoms with Crippen LogP contribution in [0.25, 0.3) is 16.0 Å². The highest BCUT2D eigenvalue weighted by molar-refractivity contribution is 7.98. The van der Waals surface area contributed by atoms with Crippen LogP contribution in [0.5, 0.6) is 11.5 Å². The third-order valence-electron chi connectivity index (χ3n) is 5.74. The van der Waals surface area contributed by atoms with E-state index < -0.39 is 0 Å². The topological polar surface area (TPSA) is 70.7 Å². The molecule has 0 aliphatic heterocycles. The van der Waals surface area contributed by atoms with E-state index in [1.54, 1.807) is 30.5 Å². The lowest BCUT2D eigenvalue weighted by Crippen LogP contribution is -2.23. The molecular weight excluding hydrogens is 468 g/mol. The van der Waals surface area contributed by atoms with Crippen LogP contribution in [0.2, 0.25) is 0 Å². The van der Waals surface area contributed by atoms with Gasteiger partial charge in [0.25, 0.3) is 5.56 Å². The minimum Gasteiger partial charge on any atom is -0.493 e. The summed E-state index contributed by atoms with van der Waals surface area (Å²) in [5.74, 6) is 2.68. The molecule has 174 valence electrons. The van der Waals surface area contributed by atoms with Crippen molar-refractivity contribution in [1.82, 2.24) is 19.2 Å². The predicted octanol–water partition coefficient (Wildman–Crippen LogP) is 4.97. The molecule has 0 unspecified atom stereocenters. The summed E-state index contributed by atoms with van der Waals surface area (Å²) < 4.78 is 15.2. The van der Waals surface area contributed by atoms with E-state index in [9.17, 15) is 4.79 Å². The van der Waals surface area contributed by atoms with Gasteiger partial charge in [-0.15, -0.1) is 21.5 Å². The van der Waals surface area contributed by atoms with Gasteiger partial charge in [0.1, 0.15) is 4.70 Å². The van der Waals surface area contributed by atoms with Crippen LogP contribution in [0.4, 0.5) is 0 Å². The van der Waals surface area contributed by atoms with Crippen molar-refractivity contribution in [1.29, 1.82) is 0 Å². The van der Waals surface area contributed by atoms with Gasteiger partial charge in [-0.3, -0.25) is 13.8 Å². The third kappa shape index (κ3) is 4.17. The second kappa shape index (κ2) is 9.52. The molecule has 0 atom stereocenters. The minimum absolute atomic E-state index is 0.0412. The number of rotatable bonds is 8. The second-order valence-corrected chi connectivity index (χ2v) is 9.78. The van der Waals surface area contributed by atoms with Gasteiger partial charge in [-0.2, -0.15) is 0 Å². The van der Waals surface area contributed by atoms with Gasteiger partial charge < -0.3 is 9.47 Å². The first-order valence-corrected chi connectivity index (χ1v) is 12.7. The number of nitrogens with zero attached hydrogens (tertiary/aromatic N) is 4.